The van der Waals surface area contributed by atoms with E-state index in [9.17, 15) is 9.18 Å². The molecule has 2 aromatic heterocycles. The van der Waals surface area contributed by atoms with Crippen LogP contribution in [0.2, 0.25) is 0 Å². The first-order valence-electron chi connectivity index (χ1n) is 8.47. The number of amides is 1. The largest absolute Gasteiger partial charge is 0.467 e. The first-order valence-corrected chi connectivity index (χ1v) is 9.29. The Morgan fingerprint density at radius 3 is 2.89 bits per heavy atom. The number of thiazole rings is 1. The number of hydrogen-bond donors (Lipinski definition) is 0. The van der Waals surface area contributed by atoms with Gasteiger partial charge in [-0.1, -0.05) is 11.3 Å². The number of nitrogens with zero attached hydrogens (tertiary/aromatic N) is 2. The molecule has 0 spiro atoms. The van der Waals surface area contributed by atoms with Gasteiger partial charge in [0.1, 0.15) is 11.6 Å². The van der Waals surface area contributed by atoms with Crippen LogP contribution >= 0.6 is 11.3 Å². The second kappa shape index (κ2) is 6.65. The number of hydrogen-bond acceptors (Lipinski definition) is 6. The van der Waals surface area contributed by atoms with Crippen LogP contribution < -0.4 is 14.4 Å². The number of anilines is 1. The zero-order valence-corrected chi connectivity index (χ0v) is 15.2. The van der Waals surface area contributed by atoms with Crippen LogP contribution in [-0.2, 0) is 6.54 Å². The Bertz CT molecular complexity index is 1170. The first-order chi connectivity index (χ1) is 13.7. The van der Waals surface area contributed by atoms with Gasteiger partial charge in [0.25, 0.3) is 5.91 Å². The van der Waals surface area contributed by atoms with Crippen molar-refractivity contribution < 1.29 is 23.1 Å². The van der Waals surface area contributed by atoms with E-state index in [1.807, 2.05) is 0 Å². The van der Waals surface area contributed by atoms with Gasteiger partial charge in [0, 0.05) is 5.56 Å². The summed E-state index contributed by atoms with van der Waals surface area (Å²) >= 11 is 1.25. The standard InChI is InChI=1S/C20H13FN2O4S/c21-13-4-5-15-18(9-13)28-20(22-15)23(10-14-2-1-7-25-14)19(24)12-3-6-16-17(8-12)27-11-26-16/h1-9H,10-11H2. The lowest BCUT2D eigenvalue weighted by Crippen LogP contribution is -2.30. The van der Waals surface area contributed by atoms with Crippen molar-refractivity contribution in [1.29, 1.82) is 0 Å². The van der Waals surface area contributed by atoms with Gasteiger partial charge >= 0.3 is 0 Å². The topological polar surface area (TPSA) is 64.8 Å². The summed E-state index contributed by atoms with van der Waals surface area (Å²) in [6.07, 6.45) is 1.55. The van der Waals surface area contributed by atoms with E-state index in [1.165, 1.54) is 28.4 Å². The predicted octanol–water partition coefficient (Wildman–Crippen LogP) is 4.60. The van der Waals surface area contributed by atoms with Gasteiger partial charge in [-0.25, -0.2) is 9.37 Å². The molecule has 1 aliphatic heterocycles. The summed E-state index contributed by atoms with van der Waals surface area (Å²) in [5, 5.41) is 0.458. The van der Waals surface area contributed by atoms with E-state index in [0.717, 1.165) is 0 Å². The van der Waals surface area contributed by atoms with Gasteiger partial charge in [0.15, 0.2) is 16.6 Å². The fourth-order valence-electron chi connectivity index (χ4n) is 2.97. The van der Waals surface area contributed by atoms with Crippen LogP contribution in [0.15, 0.2) is 59.2 Å². The zero-order chi connectivity index (χ0) is 19.1. The summed E-state index contributed by atoms with van der Waals surface area (Å²) in [5.41, 5.74) is 1.06. The molecule has 1 aliphatic rings. The van der Waals surface area contributed by atoms with Crippen molar-refractivity contribution in [3.8, 4) is 11.5 Å². The highest BCUT2D eigenvalue weighted by molar-refractivity contribution is 7.22. The molecule has 0 radical (unpaired) electrons. The Balaban J connectivity index is 1.56. The maximum atomic E-state index is 13.6. The van der Waals surface area contributed by atoms with Crippen LogP contribution in [0, 0.1) is 5.82 Å². The number of furan rings is 1. The smallest absolute Gasteiger partial charge is 0.260 e. The summed E-state index contributed by atoms with van der Waals surface area (Å²) in [6.45, 7) is 0.328. The lowest BCUT2D eigenvalue weighted by atomic mass is 10.1. The van der Waals surface area contributed by atoms with E-state index in [4.69, 9.17) is 13.9 Å². The molecule has 5 rings (SSSR count). The molecular formula is C20H13FN2O4S. The molecule has 6 nitrogen and oxygen atoms in total. The van der Waals surface area contributed by atoms with Crippen molar-refractivity contribution in [2.75, 3.05) is 11.7 Å². The van der Waals surface area contributed by atoms with Crippen molar-refractivity contribution in [3.05, 3.63) is 71.9 Å². The van der Waals surface area contributed by atoms with E-state index in [1.54, 1.807) is 42.7 Å². The predicted molar refractivity (Wildman–Crippen MR) is 101 cm³/mol. The van der Waals surface area contributed by atoms with Gasteiger partial charge in [-0.05, 0) is 48.5 Å². The fourth-order valence-corrected chi connectivity index (χ4v) is 3.96. The SMILES string of the molecule is O=C(c1ccc2c(c1)OCO2)N(Cc1ccco1)c1nc2ccc(F)cc2s1. The van der Waals surface area contributed by atoms with Crippen molar-refractivity contribution in [2.45, 2.75) is 6.54 Å². The van der Waals surface area contributed by atoms with Gasteiger partial charge < -0.3 is 13.9 Å². The highest BCUT2D eigenvalue weighted by Gasteiger charge is 2.25. The molecule has 0 bridgehead atoms. The number of rotatable bonds is 4. The maximum Gasteiger partial charge on any atom is 0.260 e. The molecule has 0 aliphatic carbocycles. The van der Waals surface area contributed by atoms with E-state index in [2.05, 4.69) is 4.98 Å². The quantitative estimate of drug-likeness (QED) is 0.504. The molecule has 0 saturated heterocycles. The van der Waals surface area contributed by atoms with Gasteiger partial charge in [0.05, 0.1) is 23.0 Å². The first kappa shape index (κ1) is 16.8. The minimum Gasteiger partial charge on any atom is -0.467 e. The van der Waals surface area contributed by atoms with Gasteiger partial charge in [-0.2, -0.15) is 0 Å². The molecule has 1 amide bonds. The number of carbonyl (C=O) groups is 1. The molecule has 8 heteroatoms. The highest BCUT2D eigenvalue weighted by atomic mass is 32.1. The molecule has 0 N–H and O–H groups in total. The van der Waals surface area contributed by atoms with Crippen LogP contribution in [0.4, 0.5) is 9.52 Å². The molecule has 28 heavy (non-hydrogen) atoms. The van der Waals surface area contributed by atoms with Crippen molar-refractivity contribution >= 4 is 32.6 Å². The minimum atomic E-state index is -0.345. The number of fused-ring (bicyclic) bond motifs is 2. The molecule has 0 saturated carbocycles. The second-order valence-electron chi connectivity index (χ2n) is 6.15. The zero-order valence-electron chi connectivity index (χ0n) is 14.4. The van der Waals surface area contributed by atoms with Crippen molar-refractivity contribution in [3.63, 3.8) is 0 Å². The summed E-state index contributed by atoms with van der Waals surface area (Å²) in [4.78, 5) is 19.3. The fraction of sp³-hybridized carbons (Fsp3) is 0.100. The molecular weight excluding hydrogens is 383 g/mol. The van der Waals surface area contributed by atoms with Crippen molar-refractivity contribution in [1.82, 2.24) is 4.98 Å². The van der Waals surface area contributed by atoms with E-state index in [0.29, 0.717) is 38.2 Å². The highest BCUT2D eigenvalue weighted by Crippen LogP contribution is 2.35. The van der Waals surface area contributed by atoms with Crippen molar-refractivity contribution in [2.24, 2.45) is 0 Å². The number of halogens is 1. The molecule has 0 fully saturated rings. The maximum absolute atomic E-state index is 13.6. The number of benzene rings is 2. The monoisotopic (exact) mass is 396 g/mol. The number of aromatic nitrogens is 1. The van der Waals surface area contributed by atoms with Crippen LogP contribution in [0.5, 0.6) is 11.5 Å². The third kappa shape index (κ3) is 2.97. The molecule has 140 valence electrons. The third-order valence-corrected chi connectivity index (χ3v) is 5.37. The lowest BCUT2D eigenvalue weighted by molar-refractivity contribution is 0.0983. The number of ether oxygens (including phenoxy) is 2. The molecule has 4 aromatic rings. The van der Waals surface area contributed by atoms with Crippen LogP contribution in [-0.4, -0.2) is 17.7 Å². The average molecular weight is 396 g/mol. The molecule has 0 unspecified atom stereocenters. The van der Waals surface area contributed by atoms with Crippen LogP contribution in [0.1, 0.15) is 16.1 Å². The molecule has 0 atom stereocenters. The lowest BCUT2D eigenvalue weighted by Gasteiger charge is -2.19. The number of carbonyl (C=O) groups excluding carboxylic acids is 1. The van der Waals surface area contributed by atoms with Crippen LogP contribution in [0.3, 0.4) is 0 Å². The van der Waals surface area contributed by atoms with Crippen LogP contribution in [0.25, 0.3) is 10.2 Å². The summed E-state index contributed by atoms with van der Waals surface area (Å²) < 4.78 is 30.3. The second-order valence-corrected chi connectivity index (χ2v) is 7.16. The van der Waals surface area contributed by atoms with E-state index >= 15 is 0 Å². The Kier molecular flexibility index (Phi) is 3.98. The molecule has 3 heterocycles. The summed E-state index contributed by atoms with van der Waals surface area (Å²) in [5.74, 6) is 1.12. The third-order valence-electron chi connectivity index (χ3n) is 4.33. The Morgan fingerprint density at radius 1 is 1.14 bits per heavy atom. The normalized spacial score (nSPS) is 12.5. The van der Waals surface area contributed by atoms with E-state index < -0.39 is 0 Å². The van der Waals surface area contributed by atoms with Gasteiger partial charge in [-0.3, -0.25) is 9.69 Å². The molecule has 2 aromatic carbocycles. The van der Waals surface area contributed by atoms with Gasteiger partial charge in [-0.15, -0.1) is 0 Å². The van der Waals surface area contributed by atoms with Gasteiger partial charge in [0.2, 0.25) is 6.79 Å². The Hall–Kier alpha value is -3.39. The summed E-state index contributed by atoms with van der Waals surface area (Å²) in [7, 11) is 0. The van der Waals surface area contributed by atoms with E-state index in [-0.39, 0.29) is 25.1 Å². The summed E-state index contributed by atoms with van der Waals surface area (Å²) in [6, 6.07) is 12.9. The Labute approximate surface area is 162 Å². The minimum absolute atomic E-state index is 0.131. The average Bonchev–Trinajstić information content (AvgIpc) is 3.44. The Morgan fingerprint density at radius 2 is 2.04 bits per heavy atom.